The van der Waals surface area contributed by atoms with Crippen molar-refractivity contribution in [2.75, 3.05) is 0 Å². The fraction of sp³-hybridized carbons (Fsp3) is 0.733. The number of thiol groups is 1. The summed E-state index contributed by atoms with van der Waals surface area (Å²) in [6, 6.07) is 0. The van der Waals surface area contributed by atoms with Crippen LogP contribution in [-0.2, 0) is 0 Å². The highest BCUT2D eigenvalue weighted by Gasteiger charge is 2.22. The standard InChI is InChI=1S/C11H18S.2C2H6/c1-3-4-5-9(2)10-6-7-11(12)8-10;2*1-2/h3-5,10-12H,6-8H2,1-2H3;2*1-2H3/b4-3-,9-5+;;. The first-order valence-electron chi connectivity index (χ1n) is 6.71. The van der Waals surface area contributed by atoms with Crippen LogP contribution in [0.1, 0.15) is 60.8 Å². The van der Waals surface area contributed by atoms with E-state index < -0.39 is 0 Å². The van der Waals surface area contributed by atoms with Crippen molar-refractivity contribution >= 4 is 12.6 Å². The minimum Gasteiger partial charge on any atom is -0.176 e. The second-order valence-corrected chi connectivity index (χ2v) is 4.33. The average Bonchev–Trinajstić information content (AvgIpc) is 2.78. The van der Waals surface area contributed by atoms with Crippen molar-refractivity contribution in [1.82, 2.24) is 0 Å². The van der Waals surface area contributed by atoms with Crippen LogP contribution in [-0.4, -0.2) is 5.25 Å². The Labute approximate surface area is 109 Å². The van der Waals surface area contributed by atoms with Crippen LogP contribution < -0.4 is 0 Å². The molecule has 0 N–H and O–H groups in total. The quantitative estimate of drug-likeness (QED) is 0.469. The molecule has 2 atom stereocenters. The fourth-order valence-electron chi connectivity index (χ4n) is 1.76. The summed E-state index contributed by atoms with van der Waals surface area (Å²) in [6.45, 7) is 12.3. The van der Waals surface area contributed by atoms with Gasteiger partial charge in [0.15, 0.2) is 0 Å². The Morgan fingerprint density at radius 2 is 1.69 bits per heavy atom. The molecule has 1 rings (SSSR count). The highest BCUT2D eigenvalue weighted by atomic mass is 32.1. The van der Waals surface area contributed by atoms with E-state index in [4.69, 9.17) is 0 Å². The molecule has 1 fully saturated rings. The maximum Gasteiger partial charge on any atom is 0.00227 e. The molecule has 1 aliphatic carbocycles. The van der Waals surface area contributed by atoms with Crippen molar-refractivity contribution in [3.63, 3.8) is 0 Å². The van der Waals surface area contributed by atoms with E-state index in [1.165, 1.54) is 24.8 Å². The molecule has 0 aromatic rings. The summed E-state index contributed by atoms with van der Waals surface area (Å²) >= 11 is 4.49. The summed E-state index contributed by atoms with van der Waals surface area (Å²) < 4.78 is 0. The van der Waals surface area contributed by atoms with E-state index in [9.17, 15) is 0 Å². The summed E-state index contributed by atoms with van der Waals surface area (Å²) in [5, 5.41) is 0.643. The van der Waals surface area contributed by atoms with Crippen molar-refractivity contribution in [3.8, 4) is 0 Å². The number of hydrogen-bond acceptors (Lipinski definition) is 1. The Morgan fingerprint density at radius 1 is 1.12 bits per heavy atom. The summed E-state index contributed by atoms with van der Waals surface area (Å²) in [5.41, 5.74) is 1.52. The first kappa shape index (κ1) is 18.2. The van der Waals surface area contributed by atoms with E-state index in [1.807, 2.05) is 27.7 Å². The van der Waals surface area contributed by atoms with Gasteiger partial charge in [-0.3, -0.25) is 0 Å². The van der Waals surface area contributed by atoms with Crippen molar-refractivity contribution in [2.24, 2.45) is 5.92 Å². The smallest absolute Gasteiger partial charge is 0.00227 e. The Morgan fingerprint density at radius 3 is 2.06 bits per heavy atom. The molecule has 0 aliphatic heterocycles. The van der Waals surface area contributed by atoms with Gasteiger partial charge in [0.25, 0.3) is 0 Å². The van der Waals surface area contributed by atoms with Gasteiger partial charge >= 0.3 is 0 Å². The van der Waals surface area contributed by atoms with E-state index in [0.717, 1.165) is 5.92 Å². The molecular weight excluding hydrogens is 212 g/mol. The topological polar surface area (TPSA) is 0 Å². The van der Waals surface area contributed by atoms with Crippen molar-refractivity contribution < 1.29 is 0 Å². The highest BCUT2D eigenvalue weighted by molar-refractivity contribution is 7.80. The predicted octanol–water partition coefficient (Wildman–Crippen LogP) is 5.66. The minimum atomic E-state index is 0.643. The molecule has 96 valence electrons. The Balaban J connectivity index is 0. The molecule has 0 radical (unpaired) electrons. The third-order valence-corrected chi connectivity index (χ3v) is 3.07. The first-order valence-corrected chi connectivity index (χ1v) is 7.23. The zero-order valence-electron chi connectivity index (χ0n) is 12.0. The molecule has 2 unspecified atom stereocenters. The van der Waals surface area contributed by atoms with Gasteiger partial charge in [-0.1, -0.05) is 51.5 Å². The van der Waals surface area contributed by atoms with E-state index in [-0.39, 0.29) is 0 Å². The Hall–Kier alpha value is -0.170. The third-order valence-electron chi connectivity index (χ3n) is 2.60. The maximum atomic E-state index is 4.49. The van der Waals surface area contributed by atoms with Gasteiger partial charge in [-0.15, -0.1) is 0 Å². The van der Waals surface area contributed by atoms with Crippen LogP contribution in [0.25, 0.3) is 0 Å². The van der Waals surface area contributed by atoms with Gasteiger partial charge < -0.3 is 0 Å². The predicted molar refractivity (Wildman–Crippen MR) is 81.4 cm³/mol. The van der Waals surface area contributed by atoms with E-state index >= 15 is 0 Å². The second-order valence-electron chi connectivity index (χ2n) is 3.60. The van der Waals surface area contributed by atoms with Crippen LogP contribution in [0.5, 0.6) is 0 Å². The largest absolute Gasteiger partial charge is 0.176 e. The van der Waals surface area contributed by atoms with E-state index in [0.29, 0.717) is 5.25 Å². The van der Waals surface area contributed by atoms with Gasteiger partial charge in [0.05, 0.1) is 0 Å². The highest BCUT2D eigenvalue weighted by Crippen LogP contribution is 2.33. The Kier molecular flexibility index (Phi) is 14.7. The number of hydrogen-bond donors (Lipinski definition) is 1. The lowest BCUT2D eigenvalue weighted by atomic mass is 9.99. The number of rotatable bonds is 2. The molecule has 0 aromatic carbocycles. The van der Waals surface area contributed by atoms with Crippen LogP contribution >= 0.6 is 12.6 Å². The lowest BCUT2D eigenvalue weighted by molar-refractivity contribution is 0.644. The van der Waals surface area contributed by atoms with Gasteiger partial charge in [-0.2, -0.15) is 12.6 Å². The van der Waals surface area contributed by atoms with Crippen LogP contribution in [0, 0.1) is 5.92 Å². The molecule has 0 spiro atoms. The van der Waals surface area contributed by atoms with Crippen LogP contribution in [0.15, 0.2) is 23.8 Å². The second kappa shape index (κ2) is 12.9. The van der Waals surface area contributed by atoms with Gasteiger partial charge in [0.2, 0.25) is 0 Å². The van der Waals surface area contributed by atoms with Gasteiger partial charge in [0.1, 0.15) is 0 Å². The molecule has 16 heavy (non-hydrogen) atoms. The van der Waals surface area contributed by atoms with Gasteiger partial charge in [-0.05, 0) is 39.0 Å². The Bertz CT molecular complexity index is 192. The average molecular weight is 242 g/mol. The van der Waals surface area contributed by atoms with Gasteiger partial charge in [-0.25, -0.2) is 0 Å². The molecule has 0 amide bonds. The summed E-state index contributed by atoms with van der Waals surface area (Å²) in [5.74, 6) is 0.795. The molecular formula is C15H30S. The van der Waals surface area contributed by atoms with Crippen LogP contribution in [0.4, 0.5) is 0 Å². The molecule has 1 aliphatic rings. The fourth-order valence-corrected chi connectivity index (χ4v) is 2.16. The summed E-state index contributed by atoms with van der Waals surface area (Å²) in [4.78, 5) is 0. The number of allylic oxidation sites excluding steroid dienone is 4. The SMILES string of the molecule is C/C=C\C=C(/C)C1CCC(S)C1.CC.CC. The molecule has 0 heterocycles. The maximum absolute atomic E-state index is 4.49. The van der Waals surface area contributed by atoms with Crippen molar-refractivity contribution in [1.29, 1.82) is 0 Å². The molecule has 0 nitrogen and oxygen atoms in total. The lowest BCUT2D eigenvalue weighted by Crippen LogP contribution is -1.96. The normalized spacial score (nSPS) is 24.6. The molecule has 1 saturated carbocycles. The van der Waals surface area contributed by atoms with E-state index in [2.05, 4.69) is 44.7 Å². The summed E-state index contributed by atoms with van der Waals surface area (Å²) in [6.07, 6.45) is 10.3. The molecule has 0 bridgehead atoms. The monoisotopic (exact) mass is 242 g/mol. The summed E-state index contributed by atoms with van der Waals surface area (Å²) in [7, 11) is 0. The van der Waals surface area contributed by atoms with Gasteiger partial charge in [0, 0.05) is 5.25 Å². The zero-order chi connectivity index (χ0) is 13.0. The molecule has 1 heteroatoms. The van der Waals surface area contributed by atoms with E-state index in [1.54, 1.807) is 0 Å². The van der Waals surface area contributed by atoms with Crippen LogP contribution in [0.3, 0.4) is 0 Å². The minimum absolute atomic E-state index is 0.643. The third kappa shape index (κ3) is 8.04. The lowest BCUT2D eigenvalue weighted by Gasteiger charge is -2.08. The van der Waals surface area contributed by atoms with Crippen LogP contribution in [0.2, 0.25) is 0 Å². The first-order chi connectivity index (χ1) is 7.74. The van der Waals surface area contributed by atoms with Crippen molar-refractivity contribution in [3.05, 3.63) is 23.8 Å². The molecule has 0 saturated heterocycles. The zero-order valence-corrected chi connectivity index (χ0v) is 12.8. The molecule has 0 aromatic heterocycles. The van der Waals surface area contributed by atoms with Crippen molar-refractivity contribution in [2.45, 2.75) is 66.1 Å².